The predicted molar refractivity (Wildman–Crippen MR) is 91.6 cm³/mol. The molecule has 4 heteroatoms. The maximum Gasteiger partial charge on any atom is 0.322 e. The highest BCUT2D eigenvalue weighted by Gasteiger charge is 2.24. The minimum atomic E-state index is -0.00137. The lowest BCUT2D eigenvalue weighted by atomic mass is 10.1. The number of hydrogen-bond donors (Lipinski definition) is 1. The van der Waals surface area contributed by atoms with E-state index in [1.54, 1.807) is 0 Å². The average molecular weight is 299 g/mol. The molecule has 0 radical (unpaired) electrons. The molecule has 1 aromatic rings. The summed E-state index contributed by atoms with van der Waals surface area (Å²) in [4.78, 5) is 16.8. The van der Waals surface area contributed by atoms with Crippen molar-refractivity contribution in [1.82, 2.24) is 4.90 Å². The van der Waals surface area contributed by atoms with E-state index in [1.807, 2.05) is 17.0 Å². The standard InChI is InChI=1S/C18H25N3O/c1-3-15-8-7-13-21(15)18(22)19-16-9-6-10-17(14(16)2)20-11-4-5-12-20/h6-10,15H,3-5,11-13H2,1-2H3,(H,19,22)/t15-/m0/s1. The lowest BCUT2D eigenvalue weighted by Gasteiger charge is -2.26. The fourth-order valence-electron chi connectivity index (χ4n) is 3.41. The van der Waals surface area contributed by atoms with Crippen molar-refractivity contribution in [3.05, 3.63) is 35.9 Å². The van der Waals surface area contributed by atoms with E-state index < -0.39 is 0 Å². The third-order valence-electron chi connectivity index (χ3n) is 4.73. The van der Waals surface area contributed by atoms with Crippen molar-refractivity contribution in [3.8, 4) is 0 Å². The molecule has 4 nitrogen and oxygen atoms in total. The van der Waals surface area contributed by atoms with Gasteiger partial charge in [0.2, 0.25) is 0 Å². The Balaban J connectivity index is 1.75. The first-order chi connectivity index (χ1) is 10.7. The van der Waals surface area contributed by atoms with E-state index in [2.05, 4.69) is 42.3 Å². The summed E-state index contributed by atoms with van der Waals surface area (Å²) in [5.41, 5.74) is 3.34. The van der Waals surface area contributed by atoms with Crippen LogP contribution in [0.15, 0.2) is 30.4 Å². The normalized spacial score (nSPS) is 20.7. The van der Waals surface area contributed by atoms with E-state index in [0.717, 1.165) is 30.8 Å². The summed E-state index contributed by atoms with van der Waals surface area (Å²) in [6.45, 7) is 7.15. The highest BCUT2D eigenvalue weighted by atomic mass is 16.2. The van der Waals surface area contributed by atoms with Crippen molar-refractivity contribution in [2.45, 2.75) is 39.2 Å². The summed E-state index contributed by atoms with van der Waals surface area (Å²) >= 11 is 0. The number of carbonyl (C=O) groups is 1. The van der Waals surface area contributed by atoms with Crippen LogP contribution >= 0.6 is 0 Å². The van der Waals surface area contributed by atoms with E-state index >= 15 is 0 Å². The molecule has 22 heavy (non-hydrogen) atoms. The van der Waals surface area contributed by atoms with Gasteiger partial charge in [0.1, 0.15) is 0 Å². The molecule has 2 amide bonds. The van der Waals surface area contributed by atoms with E-state index in [1.165, 1.54) is 18.5 Å². The molecule has 2 heterocycles. The minimum absolute atomic E-state index is 0.00137. The van der Waals surface area contributed by atoms with Crippen molar-refractivity contribution in [3.63, 3.8) is 0 Å². The van der Waals surface area contributed by atoms with Crippen LogP contribution in [0.4, 0.5) is 16.2 Å². The Kier molecular flexibility index (Phi) is 4.36. The molecular formula is C18H25N3O. The van der Waals surface area contributed by atoms with Crippen LogP contribution in [0.3, 0.4) is 0 Å². The van der Waals surface area contributed by atoms with Gasteiger partial charge in [0.25, 0.3) is 0 Å². The van der Waals surface area contributed by atoms with Gasteiger partial charge in [-0.1, -0.05) is 25.1 Å². The zero-order valence-corrected chi connectivity index (χ0v) is 13.5. The van der Waals surface area contributed by atoms with Crippen LogP contribution in [0.5, 0.6) is 0 Å². The Morgan fingerprint density at radius 3 is 2.82 bits per heavy atom. The topological polar surface area (TPSA) is 35.6 Å². The molecule has 3 rings (SSSR count). The van der Waals surface area contributed by atoms with Gasteiger partial charge in [-0.15, -0.1) is 0 Å². The predicted octanol–water partition coefficient (Wildman–Crippen LogP) is 3.78. The summed E-state index contributed by atoms with van der Waals surface area (Å²) in [6, 6.07) is 6.41. The summed E-state index contributed by atoms with van der Waals surface area (Å²) in [6.07, 6.45) is 7.66. The molecule has 1 aromatic carbocycles. The maximum absolute atomic E-state index is 12.5. The monoisotopic (exact) mass is 299 g/mol. The number of anilines is 2. The molecule has 0 aliphatic carbocycles. The van der Waals surface area contributed by atoms with Gasteiger partial charge in [-0.25, -0.2) is 4.79 Å². The Morgan fingerprint density at radius 2 is 2.09 bits per heavy atom. The number of nitrogens with zero attached hydrogens (tertiary/aromatic N) is 2. The second-order valence-electron chi connectivity index (χ2n) is 6.13. The van der Waals surface area contributed by atoms with Gasteiger partial charge >= 0.3 is 6.03 Å². The third kappa shape index (κ3) is 2.82. The number of carbonyl (C=O) groups excluding carboxylic acids is 1. The molecule has 118 valence electrons. The fourth-order valence-corrected chi connectivity index (χ4v) is 3.41. The van der Waals surface area contributed by atoms with Crippen LogP contribution in [0.25, 0.3) is 0 Å². The molecule has 0 unspecified atom stereocenters. The van der Waals surface area contributed by atoms with Crippen molar-refractivity contribution in [2.75, 3.05) is 29.9 Å². The van der Waals surface area contributed by atoms with Crippen LogP contribution in [0, 0.1) is 6.92 Å². The largest absolute Gasteiger partial charge is 0.371 e. The lowest BCUT2D eigenvalue weighted by Crippen LogP contribution is -2.39. The molecule has 1 atom stereocenters. The highest BCUT2D eigenvalue weighted by molar-refractivity contribution is 5.92. The first-order valence-electron chi connectivity index (χ1n) is 8.29. The Bertz CT molecular complexity index is 576. The fraction of sp³-hybridized carbons (Fsp3) is 0.500. The molecule has 2 aliphatic heterocycles. The van der Waals surface area contributed by atoms with Crippen molar-refractivity contribution >= 4 is 17.4 Å². The van der Waals surface area contributed by atoms with Gasteiger partial charge in [0.05, 0.1) is 6.04 Å². The molecule has 0 bridgehead atoms. The SMILES string of the molecule is CC[C@H]1C=CCN1C(=O)Nc1cccc(N2CCCC2)c1C. The van der Waals surface area contributed by atoms with E-state index in [4.69, 9.17) is 0 Å². The van der Waals surface area contributed by atoms with Gasteiger partial charge in [0.15, 0.2) is 0 Å². The van der Waals surface area contributed by atoms with E-state index in [0.29, 0.717) is 6.54 Å². The molecule has 1 N–H and O–H groups in total. The Labute approximate surface area is 132 Å². The molecule has 2 aliphatic rings. The smallest absolute Gasteiger partial charge is 0.322 e. The first-order valence-corrected chi connectivity index (χ1v) is 8.29. The van der Waals surface area contributed by atoms with E-state index in [-0.39, 0.29) is 12.1 Å². The minimum Gasteiger partial charge on any atom is -0.371 e. The van der Waals surface area contributed by atoms with E-state index in [9.17, 15) is 4.79 Å². The number of nitrogens with one attached hydrogen (secondary N) is 1. The lowest BCUT2D eigenvalue weighted by molar-refractivity contribution is 0.209. The second kappa shape index (κ2) is 6.42. The molecule has 0 spiro atoms. The van der Waals surface area contributed by atoms with Crippen molar-refractivity contribution < 1.29 is 4.79 Å². The molecule has 0 saturated carbocycles. The Hall–Kier alpha value is -1.97. The van der Waals surface area contributed by atoms with Gasteiger partial charge in [-0.05, 0) is 43.9 Å². The summed E-state index contributed by atoms with van der Waals surface area (Å²) in [5, 5.41) is 3.10. The van der Waals surface area contributed by atoms with Crippen LogP contribution in [-0.4, -0.2) is 36.6 Å². The number of amides is 2. The number of rotatable bonds is 3. The van der Waals surface area contributed by atoms with Crippen molar-refractivity contribution in [2.24, 2.45) is 0 Å². The van der Waals surface area contributed by atoms with Crippen LogP contribution in [0.1, 0.15) is 31.7 Å². The summed E-state index contributed by atoms with van der Waals surface area (Å²) in [5.74, 6) is 0. The number of hydrogen-bond acceptors (Lipinski definition) is 2. The Morgan fingerprint density at radius 1 is 1.32 bits per heavy atom. The van der Waals surface area contributed by atoms with Crippen LogP contribution in [-0.2, 0) is 0 Å². The molecular weight excluding hydrogens is 274 g/mol. The first kappa shape index (κ1) is 14.9. The summed E-state index contributed by atoms with van der Waals surface area (Å²) < 4.78 is 0. The van der Waals surface area contributed by atoms with Crippen LogP contribution < -0.4 is 10.2 Å². The second-order valence-corrected chi connectivity index (χ2v) is 6.13. The zero-order chi connectivity index (χ0) is 15.5. The third-order valence-corrected chi connectivity index (χ3v) is 4.73. The van der Waals surface area contributed by atoms with Gasteiger partial charge in [-0.2, -0.15) is 0 Å². The molecule has 0 aromatic heterocycles. The number of urea groups is 1. The van der Waals surface area contributed by atoms with Crippen LogP contribution in [0.2, 0.25) is 0 Å². The molecule has 1 saturated heterocycles. The summed E-state index contributed by atoms with van der Waals surface area (Å²) in [7, 11) is 0. The van der Waals surface area contributed by atoms with Gasteiger partial charge in [-0.3, -0.25) is 0 Å². The van der Waals surface area contributed by atoms with Gasteiger partial charge in [0, 0.05) is 31.0 Å². The average Bonchev–Trinajstić information content (AvgIpc) is 3.20. The highest BCUT2D eigenvalue weighted by Crippen LogP contribution is 2.29. The zero-order valence-electron chi connectivity index (χ0n) is 13.5. The number of benzene rings is 1. The van der Waals surface area contributed by atoms with Gasteiger partial charge < -0.3 is 15.1 Å². The quantitative estimate of drug-likeness (QED) is 0.862. The maximum atomic E-state index is 12.5. The molecule has 1 fully saturated rings. The van der Waals surface area contributed by atoms with Crippen molar-refractivity contribution in [1.29, 1.82) is 0 Å².